The van der Waals surface area contributed by atoms with E-state index in [0.717, 1.165) is 22.3 Å². The molecule has 1 aromatic carbocycles. The van der Waals surface area contributed by atoms with Gasteiger partial charge in [0.1, 0.15) is 5.69 Å². The van der Waals surface area contributed by atoms with E-state index in [1.165, 1.54) is 0 Å². The molecule has 0 bridgehead atoms. The standard InChI is InChI=1S/C20H21N5O/c1-12-6-7-13(2)16(9-12)18(15-5-4-8-22-11-15)25-19(26)17-10-14(3)23-20(21)24-17/h4-11,18H,1-3H3,(H,25,26)(H2,21,23,24)/t18-/m1/s1. The highest BCUT2D eigenvalue weighted by Gasteiger charge is 2.21. The van der Waals surface area contributed by atoms with Crippen LogP contribution in [0.3, 0.4) is 0 Å². The van der Waals surface area contributed by atoms with Crippen molar-refractivity contribution in [3.8, 4) is 0 Å². The van der Waals surface area contributed by atoms with Gasteiger partial charge in [-0.15, -0.1) is 0 Å². The molecule has 3 N–H and O–H groups in total. The quantitative estimate of drug-likeness (QED) is 0.757. The molecule has 0 aliphatic heterocycles. The minimum atomic E-state index is -0.340. The third-order valence-electron chi connectivity index (χ3n) is 4.14. The van der Waals surface area contributed by atoms with E-state index in [0.29, 0.717) is 5.69 Å². The number of nitrogen functional groups attached to an aromatic ring is 1. The molecule has 0 saturated carbocycles. The van der Waals surface area contributed by atoms with Crippen LogP contribution in [0, 0.1) is 20.8 Å². The van der Waals surface area contributed by atoms with Gasteiger partial charge in [-0.2, -0.15) is 0 Å². The molecule has 0 aliphatic rings. The van der Waals surface area contributed by atoms with Crippen LogP contribution < -0.4 is 11.1 Å². The molecule has 0 aliphatic carbocycles. The summed E-state index contributed by atoms with van der Waals surface area (Å²) >= 11 is 0. The summed E-state index contributed by atoms with van der Waals surface area (Å²) < 4.78 is 0. The maximum atomic E-state index is 12.8. The van der Waals surface area contributed by atoms with Crippen LogP contribution in [0.2, 0.25) is 0 Å². The second-order valence-electron chi connectivity index (χ2n) is 6.31. The van der Waals surface area contributed by atoms with Crippen molar-refractivity contribution in [1.29, 1.82) is 0 Å². The number of carbonyl (C=O) groups is 1. The summed E-state index contributed by atoms with van der Waals surface area (Å²) in [5.41, 5.74) is 10.7. The van der Waals surface area contributed by atoms with Gasteiger partial charge in [0.2, 0.25) is 5.95 Å². The lowest BCUT2D eigenvalue weighted by molar-refractivity contribution is 0.0937. The van der Waals surface area contributed by atoms with Crippen molar-refractivity contribution < 1.29 is 4.79 Å². The molecule has 6 nitrogen and oxygen atoms in total. The fraction of sp³-hybridized carbons (Fsp3) is 0.200. The number of benzene rings is 1. The van der Waals surface area contributed by atoms with Crippen molar-refractivity contribution in [1.82, 2.24) is 20.3 Å². The monoisotopic (exact) mass is 347 g/mol. The van der Waals surface area contributed by atoms with Crippen molar-refractivity contribution in [3.05, 3.63) is 82.4 Å². The molecule has 0 fully saturated rings. The Kier molecular flexibility index (Phi) is 4.93. The first-order valence-electron chi connectivity index (χ1n) is 8.33. The number of carbonyl (C=O) groups excluding carboxylic acids is 1. The fourth-order valence-corrected chi connectivity index (χ4v) is 2.87. The van der Waals surface area contributed by atoms with Crippen molar-refractivity contribution in [2.45, 2.75) is 26.8 Å². The number of rotatable bonds is 4. The van der Waals surface area contributed by atoms with Gasteiger partial charge < -0.3 is 11.1 Å². The molecule has 2 aromatic heterocycles. The highest BCUT2D eigenvalue weighted by atomic mass is 16.1. The second-order valence-corrected chi connectivity index (χ2v) is 6.31. The molecular formula is C20H21N5O. The van der Waals surface area contributed by atoms with Crippen LogP contribution in [0.15, 0.2) is 48.8 Å². The molecule has 0 spiro atoms. The summed E-state index contributed by atoms with van der Waals surface area (Å²) in [5.74, 6) is -0.225. The Hall–Kier alpha value is -3.28. The van der Waals surface area contributed by atoms with Gasteiger partial charge in [0, 0.05) is 18.1 Å². The van der Waals surface area contributed by atoms with E-state index in [1.807, 2.05) is 32.0 Å². The maximum absolute atomic E-state index is 12.8. The van der Waals surface area contributed by atoms with Gasteiger partial charge in [-0.1, -0.05) is 29.8 Å². The zero-order valence-electron chi connectivity index (χ0n) is 15.0. The number of nitrogens with one attached hydrogen (secondary N) is 1. The number of aromatic nitrogens is 3. The topological polar surface area (TPSA) is 93.8 Å². The van der Waals surface area contributed by atoms with Crippen molar-refractivity contribution in [2.75, 3.05) is 5.73 Å². The summed E-state index contributed by atoms with van der Waals surface area (Å²) in [7, 11) is 0. The third-order valence-corrected chi connectivity index (χ3v) is 4.14. The van der Waals surface area contributed by atoms with Crippen LogP contribution in [0.1, 0.15) is 44.5 Å². The number of nitrogens with zero attached hydrogens (tertiary/aromatic N) is 3. The Balaban J connectivity index is 2.01. The number of nitrogens with two attached hydrogens (primary N) is 1. The molecule has 2 heterocycles. The Morgan fingerprint density at radius 1 is 1.12 bits per heavy atom. The average molecular weight is 347 g/mol. The molecule has 0 unspecified atom stereocenters. The number of aryl methyl sites for hydroxylation is 3. The fourth-order valence-electron chi connectivity index (χ4n) is 2.87. The summed E-state index contributed by atoms with van der Waals surface area (Å²) in [5, 5.41) is 3.06. The number of pyridine rings is 1. The van der Waals surface area contributed by atoms with Gasteiger partial charge in [-0.25, -0.2) is 9.97 Å². The van der Waals surface area contributed by atoms with E-state index in [-0.39, 0.29) is 23.6 Å². The lowest BCUT2D eigenvalue weighted by Crippen LogP contribution is -2.31. The van der Waals surface area contributed by atoms with Crippen LogP contribution in [0.25, 0.3) is 0 Å². The Bertz CT molecular complexity index is 920. The number of hydrogen-bond acceptors (Lipinski definition) is 5. The van der Waals surface area contributed by atoms with Crippen LogP contribution in [0.4, 0.5) is 5.95 Å². The van der Waals surface area contributed by atoms with Crippen LogP contribution in [-0.2, 0) is 0 Å². The minimum Gasteiger partial charge on any atom is -0.368 e. The van der Waals surface area contributed by atoms with Crippen LogP contribution in [-0.4, -0.2) is 20.9 Å². The number of anilines is 1. The third kappa shape index (κ3) is 3.85. The summed E-state index contributed by atoms with van der Waals surface area (Å²) in [6.45, 7) is 5.83. The van der Waals surface area contributed by atoms with Gasteiger partial charge in [-0.05, 0) is 49.6 Å². The van der Waals surface area contributed by atoms with E-state index in [1.54, 1.807) is 25.4 Å². The number of amides is 1. The van der Waals surface area contributed by atoms with E-state index < -0.39 is 0 Å². The average Bonchev–Trinajstić information content (AvgIpc) is 2.61. The van der Waals surface area contributed by atoms with E-state index in [4.69, 9.17) is 5.73 Å². The SMILES string of the molecule is Cc1ccc(C)c([C@H](NC(=O)c2cc(C)nc(N)n2)c2cccnc2)c1. The summed E-state index contributed by atoms with van der Waals surface area (Å²) in [6, 6.07) is 11.3. The molecule has 1 amide bonds. The Labute approximate surface area is 152 Å². The molecule has 1 atom stereocenters. The van der Waals surface area contributed by atoms with Gasteiger partial charge in [0.05, 0.1) is 6.04 Å². The summed E-state index contributed by atoms with van der Waals surface area (Å²) in [4.78, 5) is 25.1. The largest absolute Gasteiger partial charge is 0.368 e. The molecule has 0 radical (unpaired) electrons. The van der Waals surface area contributed by atoms with E-state index in [2.05, 4.69) is 32.4 Å². The predicted molar refractivity (Wildman–Crippen MR) is 101 cm³/mol. The second kappa shape index (κ2) is 7.31. The first-order chi connectivity index (χ1) is 12.4. The smallest absolute Gasteiger partial charge is 0.270 e. The maximum Gasteiger partial charge on any atom is 0.270 e. The highest BCUT2D eigenvalue weighted by Crippen LogP contribution is 2.26. The highest BCUT2D eigenvalue weighted by molar-refractivity contribution is 5.93. The number of hydrogen-bond donors (Lipinski definition) is 2. The lowest BCUT2D eigenvalue weighted by atomic mass is 9.94. The molecular weight excluding hydrogens is 326 g/mol. The van der Waals surface area contributed by atoms with Crippen molar-refractivity contribution >= 4 is 11.9 Å². The molecule has 3 rings (SSSR count). The minimum absolute atomic E-state index is 0.0832. The normalized spacial score (nSPS) is 11.8. The van der Waals surface area contributed by atoms with E-state index in [9.17, 15) is 4.79 Å². The lowest BCUT2D eigenvalue weighted by Gasteiger charge is -2.22. The van der Waals surface area contributed by atoms with Gasteiger partial charge in [-0.3, -0.25) is 9.78 Å². The van der Waals surface area contributed by atoms with Crippen molar-refractivity contribution in [3.63, 3.8) is 0 Å². The summed E-state index contributed by atoms with van der Waals surface area (Å²) in [6.07, 6.45) is 3.46. The van der Waals surface area contributed by atoms with Crippen LogP contribution in [0.5, 0.6) is 0 Å². The molecule has 3 aromatic rings. The zero-order chi connectivity index (χ0) is 18.7. The predicted octanol–water partition coefficient (Wildman–Crippen LogP) is 2.90. The first-order valence-corrected chi connectivity index (χ1v) is 8.33. The van der Waals surface area contributed by atoms with E-state index >= 15 is 0 Å². The molecule has 132 valence electrons. The Morgan fingerprint density at radius 3 is 2.62 bits per heavy atom. The molecule has 6 heteroatoms. The van der Waals surface area contributed by atoms with Gasteiger partial charge in [0.25, 0.3) is 5.91 Å². The first kappa shape index (κ1) is 17.5. The van der Waals surface area contributed by atoms with Gasteiger partial charge in [0.15, 0.2) is 0 Å². The zero-order valence-corrected chi connectivity index (χ0v) is 15.0. The Morgan fingerprint density at radius 2 is 1.92 bits per heavy atom. The van der Waals surface area contributed by atoms with Crippen LogP contribution >= 0.6 is 0 Å². The van der Waals surface area contributed by atoms with Gasteiger partial charge >= 0.3 is 0 Å². The molecule has 26 heavy (non-hydrogen) atoms. The molecule has 0 saturated heterocycles. The van der Waals surface area contributed by atoms with Crippen molar-refractivity contribution in [2.24, 2.45) is 0 Å².